The Labute approximate surface area is 142 Å². The Morgan fingerprint density at radius 3 is 2.76 bits per heavy atom. The van der Waals surface area contributed by atoms with Crippen molar-refractivity contribution in [3.05, 3.63) is 57.5 Å². The third-order valence-corrected chi connectivity index (χ3v) is 5.17. The summed E-state index contributed by atoms with van der Waals surface area (Å²) >= 11 is 11.4. The number of nitrogens with one attached hydrogen (secondary N) is 1. The first-order valence-corrected chi connectivity index (χ1v) is 8.71. The molecule has 3 rings (SSSR count). The van der Waals surface area contributed by atoms with Gasteiger partial charge in [0.15, 0.2) is 0 Å². The van der Waals surface area contributed by atoms with Crippen LogP contribution >= 0.6 is 39.3 Å². The van der Waals surface area contributed by atoms with Gasteiger partial charge in [-0.3, -0.25) is 5.43 Å². The van der Waals surface area contributed by atoms with Gasteiger partial charge in [0.2, 0.25) is 0 Å². The van der Waals surface area contributed by atoms with Gasteiger partial charge in [-0.05, 0) is 42.5 Å². The number of hydrogen-bond acceptors (Lipinski definition) is 3. The van der Waals surface area contributed by atoms with Crippen LogP contribution < -0.4 is 5.43 Å². The molecule has 108 valence electrons. The zero-order valence-electron chi connectivity index (χ0n) is 11.4. The summed E-state index contributed by atoms with van der Waals surface area (Å²) in [5.74, 6) is 0. The maximum absolute atomic E-state index is 6.12. The molecule has 2 aromatic rings. The van der Waals surface area contributed by atoms with Crippen molar-refractivity contribution >= 4 is 50.7 Å². The largest absolute Gasteiger partial charge is 0.278 e. The monoisotopic (exact) mass is 380 g/mol. The third-order valence-electron chi connectivity index (χ3n) is 3.23. The molecule has 0 saturated carbocycles. The molecule has 1 aliphatic rings. The molecule has 0 amide bonds. The van der Waals surface area contributed by atoms with Crippen LogP contribution in [0, 0.1) is 0 Å². The average molecular weight is 382 g/mol. The number of fused-ring (bicyclic) bond motifs is 1. The summed E-state index contributed by atoms with van der Waals surface area (Å²) in [4.78, 5) is 1.24. The molecular weight excluding hydrogens is 368 g/mol. The zero-order valence-corrected chi connectivity index (χ0v) is 14.6. The van der Waals surface area contributed by atoms with Gasteiger partial charge in [0.1, 0.15) is 0 Å². The summed E-state index contributed by atoms with van der Waals surface area (Å²) in [7, 11) is 0. The molecule has 5 heteroatoms. The van der Waals surface area contributed by atoms with E-state index in [9.17, 15) is 0 Å². The zero-order chi connectivity index (χ0) is 14.8. The summed E-state index contributed by atoms with van der Waals surface area (Å²) in [5.41, 5.74) is 6.30. The Morgan fingerprint density at radius 2 is 2.00 bits per heavy atom. The van der Waals surface area contributed by atoms with Gasteiger partial charge in [-0.1, -0.05) is 34.5 Å². The second kappa shape index (κ2) is 6.42. The molecule has 0 radical (unpaired) electrons. The molecule has 1 heterocycles. The Hall–Kier alpha value is -0.970. The van der Waals surface area contributed by atoms with Crippen molar-refractivity contribution in [2.45, 2.75) is 23.5 Å². The van der Waals surface area contributed by atoms with Gasteiger partial charge >= 0.3 is 0 Å². The van der Waals surface area contributed by atoms with Crippen molar-refractivity contribution in [1.82, 2.24) is 0 Å². The van der Waals surface area contributed by atoms with E-state index in [1.54, 1.807) is 0 Å². The van der Waals surface area contributed by atoms with Crippen LogP contribution in [0.2, 0.25) is 5.02 Å². The van der Waals surface area contributed by atoms with Crippen LogP contribution in [0.25, 0.3) is 0 Å². The van der Waals surface area contributed by atoms with E-state index >= 15 is 0 Å². The summed E-state index contributed by atoms with van der Waals surface area (Å²) in [5, 5.41) is 5.86. The number of thioether (sulfide) groups is 1. The maximum Gasteiger partial charge on any atom is 0.0702 e. The highest BCUT2D eigenvalue weighted by molar-refractivity contribution is 9.10. The van der Waals surface area contributed by atoms with Crippen molar-refractivity contribution in [3.63, 3.8) is 0 Å². The van der Waals surface area contributed by atoms with E-state index in [-0.39, 0.29) is 0 Å². The Bertz CT molecular complexity index is 685. The van der Waals surface area contributed by atoms with E-state index in [0.717, 1.165) is 32.9 Å². The van der Waals surface area contributed by atoms with E-state index in [0.29, 0.717) is 5.25 Å². The molecule has 0 bridgehead atoms. The van der Waals surface area contributed by atoms with Crippen LogP contribution in [0.3, 0.4) is 0 Å². The molecule has 0 aromatic heterocycles. The Kier molecular flexibility index (Phi) is 4.57. The minimum Gasteiger partial charge on any atom is -0.278 e. The highest BCUT2D eigenvalue weighted by atomic mass is 79.9. The molecule has 21 heavy (non-hydrogen) atoms. The number of anilines is 1. The molecule has 2 aromatic carbocycles. The second-order valence-electron chi connectivity index (χ2n) is 4.95. The summed E-state index contributed by atoms with van der Waals surface area (Å²) < 4.78 is 1.06. The number of halogens is 2. The van der Waals surface area contributed by atoms with E-state index in [4.69, 9.17) is 11.6 Å². The fourth-order valence-corrected chi connectivity index (χ4v) is 3.79. The molecular formula is C16H14BrClN2S. The predicted molar refractivity (Wildman–Crippen MR) is 95.7 cm³/mol. The van der Waals surface area contributed by atoms with Gasteiger partial charge in [0.25, 0.3) is 0 Å². The highest BCUT2D eigenvalue weighted by Gasteiger charge is 2.21. The first-order chi connectivity index (χ1) is 10.1. The highest BCUT2D eigenvalue weighted by Crippen LogP contribution is 2.36. The number of hydrogen-bond donors (Lipinski definition) is 1. The Morgan fingerprint density at radius 1 is 1.24 bits per heavy atom. The minimum absolute atomic E-state index is 0.518. The summed E-state index contributed by atoms with van der Waals surface area (Å²) in [6.45, 7) is 2.22. The number of nitrogens with zero attached hydrogens (tertiary/aromatic N) is 1. The predicted octanol–water partition coefficient (Wildman–Crippen LogP) is 5.80. The molecule has 0 aliphatic carbocycles. The Balaban J connectivity index is 1.89. The lowest BCUT2D eigenvalue weighted by molar-refractivity contribution is 0.988. The first kappa shape index (κ1) is 14.9. The topological polar surface area (TPSA) is 24.4 Å². The van der Waals surface area contributed by atoms with Gasteiger partial charge in [0.05, 0.1) is 11.4 Å². The van der Waals surface area contributed by atoms with Crippen LogP contribution in [0.15, 0.2) is 56.9 Å². The molecule has 0 saturated heterocycles. The smallest absolute Gasteiger partial charge is 0.0702 e. The van der Waals surface area contributed by atoms with E-state index in [1.807, 2.05) is 48.2 Å². The van der Waals surface area contributed by atoms with Gasteiger partial charge < -0.3 is 0 Å². The lowest BCUT2D eigenvalue weighted by Crippen LogP contribution is -2.17. The van der Waals surface area contributed by atoms with Gasteiger partial charge in [-0.15, -0.1) is 11.8 Å². The van der Waals surface area contributed by atoms with Crippen molar-refractivity contribution in [2.75, 3.05) is 5.43 Å². The van der Waals surface area contributed by atoms with Crippen LogP contribution in [0.5, 0.6) is 0 Å². The van der Waals surface area contributed by atoms with Crippen LogP contribution in [0.1, 0.15) is 18.9 Å². The van der Waals surface area contributed by atoms with E-state index in [1.165, 1.54) is 4.90 Å². The number of benzene rings is 2. The van der Waals surface area contributed by atoms with Crippen LogP contribution in [0.4, 0.5) is 5.69 Å². The average Bonchev–Trinajstić information content (AvgIpc) is 2.47. The van der Waals surface area contributed by atoms with Gasteiger partial charge in [-0.2, -0.15) is 5.10 Å². The third kappa shape index (κ3) is 3.62. The summed E-state index contributed by atoms with van der Waals surface area (Å²) in [6.07, 6.45) is 0.932. The molecule has 1 unspecified atom stereocenters. The first-order valence-electron chi connectivity index (χ1n) is 6.66. The molecule has 0 spiro atoms. The van der Waals surface area contributed by atoms with Crippen molar-refractivity contribution in [2.24, 2.45) is 5.10 Å². The molecule has 1 atom stereocenters. The quantitative estimate of drug-likeness (QED) is 0.664. The van der Waals surface area contributed by atoms with E-state index < -0.39 is 0 Å². The fraction of sp³-hybridized carbons (Fsp3) is 0.188. The van der Waals surface area contributed by atoms with Gasteiger partial charge in [0, 0.05) is 31.6 Å². The molecule has 0 fully saturated rings. The molecule has 1 aliphatic heterocycles. The molecule has 2 nitrogen and oxygen atoms in total. The van der Waals surface area contributed by atoms with Gasteiger partial charge in [-0.25, -0.2) is 0 Å². The normalized spacial score (nSPS) is 19.4. The maximum atomic E-state index is 6.12. The standard InChI is InChI=1S/C16H14BrClN2S/c1-10-8-15(14-9-12(18)4-7-16(14)21-10)20-19-13-5-2-11(17)3-6-13/h2-7,9-10,19H,8H2,1H3/b20-15-. The van der Waals surface area contributed by atoms with Crippen LogP contribution in [-0.2, 0) is 0 Å². The van der Waals surface area contributed by atoms with Crippen molar-refractivity contribution in [3.8, 4) is 0 Å². The second-order valence-corrected chi connectivity index (χ2v) is 7.78. The SMILES string of the molecule is CC1C/C(=N/Nc2ccc(Br)cc2)c2cc(Cl)ccc2S1. The van der Waals surface area contributed by atoms with Crippen LogP contribution in [-0.4, -0.2) is 11.0 Å². The van der Waals surface area contributed by atoms with Crippen molar-refractivity contribution in [1.29, 1.82) is 0 Å². The summed E-state index contributed by atoms with van der Waals surface area (Å²) in [6, 6.07) is 14.0. The lowest BCUT2D eigenvalue weighted by atomic mass is 10.1. The number of hydrazone groups is 1. The van der Waals surface area contributed by atoms with Crippen molar-refractivity contribution < 1.29 is 0 Å². The molecule has 1 N–H and O–H groups in total. The minimum atomic E-state index is 0.518. The lowest BCUT2D eigenvalue weighted by Gasteiger charge is -2.22. The number of rotatable bonds is 2. The van der Waals surface area contributed by atoms with E-state index in [2.05, 4.69) is 39.4 Å². The fourth-order valence-electron chi connectivity index (χ4n) is 2.23.